The number of rotatable bonds is 7. The molecule has 0 radical (unpaired) electrons. The second-order valence-corrected chi connectivity index (χ2v) is 7.67. The highest BCUT2D eigenvalue weighted by Crippen LogP contribution is 2.33. The number of carbonyl (C=O) groups excluding carboxylic acids is 2. The normalized spacial score (nSPS) is 10.7. The topological polar surface area (TPSA) is 58.6 Å². The molecule has 6 heteroatoms. The molecule has 0 saturated heterocycles. The summed E-state index contributed by atoms with van der Waals surface area (Å²) in [6.07, 6.45) is 0.612. The van der Waals surface area contributed by atoms with E-state index in [9.17, 15) is 14.0 Å². The molecule has 0 aromatic heterocycles. The fourth-order valence-electron chi connectivity index (χ4n) is 3.50. The van der Waals surface area contributed by atoms with Crippen LogP contribution in [0.2, 0.25) is 0 Å². The van der Waals surface area contributed by atoms with Crippen LogP contribution in [-0.2, 0) is 11.2 Å². The smallest absolute Gasteiger partial charge is 0.269 e. The van der Waals surface area contributed by atoms with Gasteiger partial charge in [-0.25, -0.2) is 4.39 Å². The number of carbonyl (C=O) groups is 2. The number of ether oxygens (including phenoxy) is 1. The number of amides is 2. The van der Waals surface area contributed by atoms with Gasteiger partial charge in [0.05, 0.1) is 7.11 Å². The SMILES string of the molecule is COc1ccc(F)cc1-c1ccccc1CCC(=O)N(NC(=O)c1ccccc1)C(C)C. The van der Waals surface area contributed by atoms with E-state index in [2.05, 4.69) is 5.43 Å². The van der Waals surface area contributed by atoms with Gasteiger partial charge in [-0.15, -0.1) is 0 Å². The van der Waals surface area contributed by atoms with Gasteiger partial charge in [0.2, 0.25) is 5.91 Å². The van der Waals surface area contributed by atoms with Gasteiger partial charge in [-0.1, -0.05) is 42.5 Å². The van der Waals surface area contributed by atoms with Crippen molar-refractivity contribution in [3.8, 4) is 16.9 Å². The minimum Gasteiger partial charge on any atom is -0.496 e. The first-order chi connectivity index (χ1) is 15.4. The molecular weight excluding hydrogens is 407 g/mol. The molecular formula is C26H27FN2O3. The van der Waals surface area contributed by atoms with Gasteiger partial charge in [-0.05, 0) is 61.7 Å². The number of benzene rings is 3. The fraction of sp³-hybridized carbons (Fsp3) is 0.231. The van der Waals surface area contributed by atoms with Gasteiger partial charge >= 0.3 is 0 Å². The van der Waals surface area contributed by atoms with E-state index in [-0.39, 0.29) is 30.1 Å². The van der Waals surface area contributed by atoms with Gasteiger partial charge in [0, 0.05) is 23.6 Å². The number of aryl methyl sites for hydroxylation is 1. The number of methoxy groups -OCH3 is 1. The molecule has 0 aliphatic rings. The second-order valence-electron chi connectivity index (χ2n) is 7.67. The average molecular weight is 435 g/mol. The van der Waals surface area contributed by atoms with Crippen LogP contribution >= 0.6 is 0 Å². The van der Waals surface area contributed by atoms with E-state index in [0.29, 0.717) is 23.3 Å². The molecule has 0 aliphatic carbocycles. The molecule has 166 valence electrons. The van der Waals surface area contributed by atoms with Crippen molar-refractivity contribution in [3.05, 3.63) is 89.7 Å². The lowest BCUT2D eigenvalue weighted by atomic mass is 9.95. The maximum atomic E-state index is 13.9. The Labute approximate surface area is 187 Å². The van der Waals surface area contributed by atoms with E-state index in [1.54, 1.807) is 37.4 Å². The molecule has 32 heavy (non-hydrogen) atoms. The summed E-state index contributed by atoms with van der Waals surface area (Å²) in [4.78, 5) is 25.5. The molecule has 5 nitrogen and oxygen atoms in total. The summed E-state index contributed by atoms with van der Waals surface area (Å²) in [5.74, 6) is -0.340. The van der Waals surface area contributed by atoms with Crippen molar-refractivity contribution in [1.29, 1.82) is 0 Å². The molecule has 0 spiro atoms. The fourth-order valence-corrected chi connectivity index (χ4v) is 3.50. The Morgan fingerprint density at radius 3 is 2.34 bits per heavy atom. The van der Waals surface area contributed by atoms with E-state index < -0.39 is 0 Å². The van der Waals surface area contributed by atoms with E-state index >= 15 is 0 Å². The molecule has 0 fully saturated rings. The number of hydrogen-bond donors (Lipinski definition) is 1. The van der Waals surface area contributed by atoms with Crippen molar-refractivity contribution in [2.45, 2.75) is 32.7 Å². The van der Waals surface area contributed by atoms with Crippen LogP contribution in [0.25, 0.3) is 11.1 Å². The van der Waals surface area contributed by atoms with Gasteiger partial charge in [0.25, 0.3) is 5.91 Å². The van der Waals surface area contributed by atoms with Crippen molar-refractivity contribution in [3.63, 3.8) is 0 Å². The summed E-state index contributed by atoms with van der Waals surface area (Å²) in [5, 5.41) is 1.36. The average Bonchev–Trinajstić information content (AvgIpc) is 2.81. The molecule has 0 heterocycles. The highest BCUT2D eigenvalue weighted by atomic mass is 19.1. The number of nitrogens with zero attached hydrogens (tertiary/aromatic N) is 1. The first kappa shape index (κ1) is 23.0. The van der Waals surface area contributed by atoms with E-state index in [4.69, 9.17) is 4.74 Å². The lowest BCUT2D eigenvalue weighted by molar-refractivity contribution is -0.135. The number of halogens is 1. The van der Waals surface area contributed by atoms with Gasteiger partial charge in [-0.3, -0.25) is 20.0 Å². The van der Waals surface area contributed by atoms with Crippen LogP contribution < -0.4 is 10.2 Å². The van der Waals surface area contributed by atoms with Crippen LogP contribution in [-0.4, -0.2) is 30.0 Å². The highest BCUT2D eigenvalue weighted by molar-refractivity contribution is 5.95. The third-order valence-electron chi connectivity index (χ3n) is 5.12. The molecule has 1 N–H and O–H groups in total. The van der Waals surface area contributed by atoms with Gasteiger partial charge in [0.1, 0.15) is 11.6 Å². The zero-order valence-electron chi connectivity index (χ0n) is 18.5. The van der Waals surface area contributed by atoms with Crippen LogP contribution in [0.1, 0.15) is 36.2 Å². The zero-order valence-corrected chi connectivity index (χ0v) is 18.5. The van der Waals surface area contributed by atoms with Crippen LogP contribution in [0.15, 0.2) is 72.8 Å². The van der Waals surface area contributed by atoms with Crippen LogP contribution in [0.5, 0.6) is 5.75 Å². The van der Waals surface area contributed by atoms with Crippen LogP contribution in [0.3, 0.4) is 0 Å². The van der Waals surface area contributed by atoms with Gasteiger partial charge < -0.3 is 4.74 Å². The number of nitrogens with one attached hydrogen (secondary N) is 1. The molecule has 0 aliphatic heterocycles. The summed E-state index contributed by atoms with van der Waals surface area (Å²) in [6.45, 7) is 3.68. The predicted molar refractivity (Wildman–Crippen MR) is 123 cm³/mol. The van der Waals surface area contributed by atoms with Crippen molar-refractivity contribution in [2.75, 3.05) is 7.11 Å². The molecule has 2 amide bonds. The lowest BCUT2D eigenvalue weighted by Crippen LogP contribution is -2.50. The first-order valence-corrected chi connectivity index (χ1v) is 10.5. The minimum atomic E-state index is -0.360. The van der Waals surface area contributed by atoms with Crippen molar-refractivity contribution in [1.82, 2.24) is 10.4 Å². The molecule has 0 saturated carbocycles. The monoisotopic (exact) mass is 434 g/mol. The Balaban J connectivity index is 1.77. The van der Waals surface area contributed by atoms with Crippen molar-refractivity contribution in [2.24, 2.45) is 0 Å². The highest BCUT2D eigenvalue weighted by Gasteiger charge is 2.21. The lowest BCUT2D eigenvalue weighted by Gasteiger charge is -2.27. The van der Waals surface area contributed by atoms with Crippen LogP contribution in [0, 0.1) is 5.82 Å². The summed E-state index contributed by atoms with van der Waals surface area (Å²) >= 11 is 0. The number of hydrogen-bond acceptors (Lipinski definition) is 3. The second kappa shape index (κ2) is 10.6. The maximum Gasteiger partial charge on any atom is 0.269 e. The third-order valence-corrected chi connectivity index (χ3v) is 5.12. The molecule has 0 bridgehead atoms. The number of hydrazine groups is 1. The van der Waals surface area contributed by atoms with E-state index in [1.165, 1.54) is 17.1 Å². The Kier molecular flexibility index (Phi) is 7.60. The van der Waals surface area contributed by atoms with Gasteiger partial charge in [-0.2, -0.15) is 0 Å². The zero-order chi connectivity index (χ0) is 23.1. The predicted octanol–water partition coefficient (Wildman–Crippen LogP) is 5.02. The summed E-state index contributed by atoms with van der Waals surface area (Å²) in [6, 6.07) is 20.5. The Morgan fingerprint density at radius 1 is 0.969 bits per heavy atom. The Bertz CT molecular complexity index is 1080. The summed E-state index contributed by atoms with van der Waals surface area (Å²) in [7, 11) is 1.54. The Hall–Kier alpha value is -3.67. The van der Waals surface area contributed by atoms with Gasteiger partial charge in [0.15, 0.2) is 0 Å². The van der Waals surface area contributed by atoms with Crippen molar-refractivity contribution >= 4 is 11.8 Å². The molecule has 3 aromatic rings. The molecule has 3 aromatic carbocycles. The first-order valence-electron chi connectivity index (χ1n) is 10.5. The minimum absolute atomic E-state index is 0.182. The van der Waals surface area contributed by atoms with E-state index in [1.807, 2.05) is 44.2 Å². The molecule has 0 unspecified atom stereocenters. The van der Waals surface area contributed by atoms with E-state index in [0.717, 1.165) is 11.1 Å². The Morgan fingerprint density at radius 2 is 1.66 bits per heavy atom. The maximum absolute atomic E-state index is 13.9. The largest absolute Gasteiger partial charge is 0.496 e. The van der Waals surface area contributed by atoms with Crippen LogP contribution in [0.4, 0.5) is 4.39 Å². The quantitative estimate of drug-likeness (QED) is 0.532. The molecule has 3 rings (SSSR count). The summed E-state index contributed by atoms with van der Waals surface area (Å²) in [5.41, 5.74) is 5.53. The third kappa shape index (κ3) is 5.52. The molecule has 0 atom stereocenters. The van der Waals surface area contributed by atoms with Crippen molar-refractivity contribution < 1.29 is 18.7 Å². The summed E-state index contributed by atoms with van der Waals surface area (Å²) < 4.78 is 19.3. The standard InChI is InChI=1S/C26H27FN2O3/c1-18(2)29(28-26(31)20-10-5-4-6-11-20)25(30)16-13-19-9-7-8-12-22(19)23-17-21(27)14-15-24(23)32-3/h4-12,14-15,17-18H,13,16H2,1-3H3,(H,28,31).